The maximum Gasteiger partial charge on any atom is 0.251 e. The number of rotatable bonds is 5. The minimum absolute atomic E-state index is 0.109. The van der Waals surface area contributed by atoms with Gasteiger partial charge in [0.25, 0.3) is 5.91 Å². The number of nitrogens with one attached hydrogen (secondary N) is 1. The molecule has 0 radical (unpaired) electrons. The van der Waals surface area contributed by atoms with Crippen LogP contribution in [-0.4, -0.2) is 34.1 Å². The first-order valence-electron chi connectivity index (χ1n) is 5.80. The molecule has 6 nitrogen and oxygen atoms in total. The van der Waals surface area contributed by atoms with Crippen molar-refractivity contribution in [2.75, 3.05) is 13.7 Å². The molecule has 112 valence electrons. The molecule has 0 saturated heterocycles. The summed E-state index contributed by atoms with van der Waals surface area (Å²) < 4.78 is 28.4. The highest BCUT2D eigenvalue weighted by molar-refractivity contribution is 9.10. The predicted molar refractivity (Wildman–Crippen MR) is 79.1 cm³/mol. The summed E-state index contributed by atoms with van der Waals surface area (Å²) in [6, 6.07) is 2.84. The first-order valence-corrected chi connectivity index (χ1v) is 8.14. The predicted octanol–water partition coefficient (Wildman–Crippen LogP) is 1.17. The average Bonchev–Trinajstić information content (AvgIpc) is 2.36. The lowest BCUT2D eigenvalue weighted by Crippen LogP contribution is -2.31. The molecule has 1 rings (SSSR count). The maximum absolute atomic E-state index is 12.0. The summed E-state index contributed by atoms with van der Waals surface area (Å²) in [5.74, 6) is -0.380. The van der Waals surface area contributed by atoms with Gasteiger partial charge in [-0.3, -0.25) is 4.79 Å². The van der Waals surface area contributed by atoms with E-state index in [-0.39, 0.29) is 22.5 Å². The average molecular weight is 365 g/mol. The second-order valence-corrected chi connectivity index (χ2v) is 6.73. The van der Waals surface area contributed by atoms with Crippen LogP contribution in [0.25, 0.3) is 0 Å². The van der Waals surface area contributed by atoms with E-state index in [1.807, 2.05) is 6.92 Å². The number of amides is 1. The summed E-state index contributed by atoms with van der Waals surface area (Å²) in [5.41, 5.74) is 0.847. The van der Waals surface area contributed by atoms with Crippen molar-refractivity contribution in [3.8, 4) is 0 Å². The fraction of sp³-hybridized carbons (Fsp3) is 0.417. The summed E-state index contributed by atoms with van der Waals surface area (Å²) in [4.78, 5) is 11.9. The fourth-order valence-corrected chi connectivity index (χ4v) is 3.10. The molecule has 0 aliphatic carbocycles. The molecule has 1 amide bonds. The van der Waals surface area contributed by atoms with Gasteiger partial charge in [-0.2, -0.15) is 0 Å². The lowest BCUT2D eigenvalue weighted by Gasteiger charge is -2.12. The van der Waals surface area contributed by atoms with Gasteiger partial charge in [-0.25, -0.2) is 13.6 Å². The third kappa shape index (κ3) is 4.27. The first-order chi connectivity index (χ1) is 9.16. The Morgan fingerprint density at radius 1 is 1.50 bits per heavy atom. The largest absolute Gasteiger partial charge is 0.380 e. The monoisotopic (exact) mass is 364 g/mol. The van der Waals surface area contributed by atoms with E-state index in [0.29, 0.717) is 16.6 Å². The number of sulfonamides is 1. The summed E-state index contributed by atoms with van der Waals surface area (Å²) in [5, 5.41) is 7.79. The lowest BCUT2D eigenvalue weighted by atomic mass is 10.1. The van der Waals surface area contributed by atoms with Gasteiger partial charge in [0.2, 0.25) is 10.0 Å². The van der Waals surface area contributed by atoms with Gasteiger partial charge in [0.1, 0.15) is 0 Å². The molecule has 3 N–H and O–H groups in total. The molecule has 0 aliphatic rings. The van der Waals surface area contributed by atoms with Crippen molar-refractivity contribution in [2.45, 2.75) is 24.8 Å². The third-order valence-corrected chi connectivity index (χ3v) is 4.99. The molecule has 1 atom stereocenters. The number of carbonyl (C=O) groups is 1. The van der Waals surface area contributed by atoms with Crippen LogP contribution >= 0.6 is 15.9 Å². The molecule has 0 fully saturated rings. The molecule has 0 bridgehead atoms. The summed E-state index contributed by atoms with van der Waals surface area (Å²) in [6.45, 7) is 3.82. The highest BCUT2D eigenvalue weighted by Crippen LogP contribution is 2.26. The molecule has 1 unspecified atom stereocenters. The van der Waals surface area contributed by atoms with Gasteiger partial charge in [0.05, 0.1) is 11.0 Å². The van der Waals surface area contributed by atoms with Crippen LogP contribution < -0.4 is 10.5 Å². The van der Waals surface area contributed by atoms with Gasteiger partial charge in [-0.1, -0.05) is 0 Å². The Hall–Kier alpha value is -0.960. The fourth-order valence-electron chi connectivity index (χ4n) is 1.50. The number of carbonyl (C=O) groups excluding carboxylic acids is 1. The Morgan fingerprint density at radius 2 is 2.10 bits per heavy atom. The van der Waals surface area contributed by atoms with E-state index in [4.69, 9.17) is 9.88 Å². The number of nitrogens with two attached hydrogens (primary N) is 1. The van der Waals surface area contributed by atoms with Gasteiger partial charge in [-0.05, 0) is 47.5 Å². The second-order valence-electron chi connectivity index (χ2n) is 4.41. The molecule has 1 aromatic rings. The van der Waals surface area contributed by atoms with E-state index < -0.39 is 10.0 Å². The molecule has 0 spiro atoms. The quantitative estimate of drug-likeness (QED) is 0.818. The van der Waals surface area contributed by atoms with Gasteiger partial charge < -0.3 is 10.1 Å². The molecule has 8 heteroatoms. The van der Waals surface area contributed by atoms with Gasteiger partial charge in [-0.15, -0.1) is 0 Å². The Morgan fingerprint density at radius 3 is 2.60 bits per heavy atom. The van der Waals surface area contributed by atoms with Crippen LogP contribution in [0.15, 0.2) is 21.5 Å². The van der Waals surface area contributed by atoms with Gasteiger partial charge in [0, 0.05) is 23.7 Å². The molecule has 0 aromatic heterocycles. The number of benzene rings is 1. The Bertz CT molecular complexity index is 616. The molecular weight excluding hydrogens is 348 g/mol. The van der Waals surface area contributed by atoms with Crippen LogP contribution in [0.4, 0.5) is 0 Å². The second kappa shape index (κ2) is 6.66. The number of halogens is 1. The van der Waals surface area contributed by atoms with Crippen molar-refractivity contribution in [2.24, 2.45) is 5.14 Å². The van der Waals surface area contributed by atoms with E-state index in [1.54, 1.807) is 20.1 Å². The van der Waals surface area contributed by atoms with Crippen LogP contribution in [-0.2, 0) is 14.8 Å². The molecule has 0 heterocycles. The zero-order valence-electron chi connectivity index (χ0n) is 11.4. The SMILES string of the molecule is COC(C)CNC(=O)c1cc(C)c(Br)c(S(N)(=O)=O)c1. The molecule has 1 aromatic carbocycles. The van der Waals surface area contributed by atoms with Crippen LogP contribution in [0.5, 0.6) is 0 Å². The highest BCUT2D eigenvalue weighted by atomic mass is 79.9. The number of aryl methyl sites for hydroxylation is 1. The molecular formula is C12H17BrN2O4S. The summed E-state index contributed by atoms with van der Waals surface area (Å²) in [6.07, 6.45) is -0.131. The minimum Gasteiger partial charge on any atom is -0.380 e. The van der Waals surface area contributed by atoms with Crippen LogP contribution in [0, 0.1) is 6.92 Å². The van der Waals surface area contributed by atoms with Crippen molar-refractivity contribution in [3.05, 3.63) is 27.7 Å². The third-order valence-electron chi connectivity index (χ3n) is 2.74. The Kier molecular flexibility index (Phi) is 5.69. The normalized spacial score (nSPS) is 13.1. The number of ether oxygens (including phenoxy) is 1. The topological polar surface area (TPSA) is 98.5 Å². The first kappa shape index (κ1) is 17.1. The van der Waals surface area contributed by atoms with E-state index in [2.05, 4.69) is 21.2 Å². The molecule has 20 heavy (non-hydrogen) atoms. The maximum atomic E-state index is 12.0. The summed E-state index contributed by atoms with van der Waals surface area (Å²) >= 11 is 3.16. The highest BCUT2D eigenvalue weighted by Gasteiger charge is 2.18. The van der Waals surface area contributed by atoms with Crippen LogP contribution in [0.2, 0.25) is 0 Å². The number of hydrogen-bond donors (Lipinski definition) is 2. The van der Waals surface area contributed by atoms with Gasteiger partial charge in [0.15, 0.2) is 0 Å². The van der Waals surface area contributed by atoms with Gasteiger partial charge >= 0.3 is 0 Å². The lowest BCUT2D eigenvalue weighted by molar-refractivity contribution is 0.0870. The van der Waals surface area contributed by atoms with Crippen molar-refractivity contribution < 1.29 is 17.9 Å². The number of hydrogen-bond acceptors (Lipinski definition) is 4. The van der Waals surface area contributed by atoms with Crippen molar-refractivity contribution >= 4 is 31.9 Å². The van der Waals surface area contributed by atoms with Crippen LogP contribution in [0.1, 0.15) is 22.8 Å². The zero-order chi connectivity index (χ0) is 15.5. The zero-order valence-corrected chi connectivity index (χ0v) is 13.8. The van der Waals surface area contributed by atoms with Crippen molar-refractivity contribution in [1.82, 2.24) is 5.32 Å². The standard InChI is InChI=1S/C12H17BrN2O4S/c1-7-4-9(12(16)15-6-8(2)19-3)5-10(11(7)13)20(14,17)18/h4-5,8H,6H2,1-3H3,(H,15,16)(H2,14,17,18). The Balaban J connectivity index is 3.09. The van der Waals surface area contributed by atoms with E-state index in [1.165, 1.54) is 6.07 Å². The molecule has 0 aliphatic heterocycles. The summed E-state index contributed by atoms with van der Waals surface area (Å²) in [7, 11) is -2.36. The smallest absolute Gasteiger partial charge is 0.251 e. The van der Waals surface area contributed by atoms with Crippen molar-refractivity contribution in [1.29, 1.82) is 0 Å². The van der Waals surface area contributed by atoms with E-state index in [0.717, 1.165) is 0 Å². The van der Waals surface area contributed by atoms with Crippen LogP contribution in [0.3, 0.4) is 0 Å². The molecule has 0 saturated carbocycles. The minimum atomic E-state index is -3.90. The van der Waals surface area contributed by atoms with E-state index >= 15 is 0 Å². The van der Waals surface area contributed by atoms with E-state index in [9.17, 15) is 13.2 Å². The Labute approximate surface area is 126 Å². The number of primary sulfonamides is 1. The number of methoxy groups -OCH3 is 1. The van der Waals surface area contributed by atoms with Crippen molar-refractivity contribution in [3.63, 3.8) is 0 Å².